The summed E-state index contributed by atoms with van der Waals surface area (Å²) in [5.41, 5.74) is 3.69. The molecule has 0 N–H and O–H groups in total. The van der Waals surface area contributed by atoms with Crippen molar-refractivity contribution in [2.24, 2.45) is 0 Å². The standard InChI is InChI=1S/C16H15N3O2/c1-11-7-12(2)16-13(10-21-14(16)8-11)9-15(20)19(5-3-17)6-4-18/h7-8,10H,5-6,9H2,1-2H3. The fraction of sp³-hybridized carbons (Fsp3) is 0.312. The first-order valence-corrected chi connectivity index (χ1v) is 6.55. The maximum atomic E-state index is 12.2. The monoisotopic (exact) mass is 281 g/mol. The second-order valence-corrected chi connectivity index (χ2v) is 4.96. The van der Waals surface area contributed by atoms with Gasteiger partial charge in [-0.05, 0) is 31.0 Å². The van der Waals surface area contributed by atoms with E-state index in [0.717, 1.165) is 27.7 Å². The van der Waals surface area contributed by atoms with E-state index < -0.39 is 0 Å². The smallest absolute Gasteiger partial charge is 0.228 e. The molecule has 1 amide bonds. The van der Waals surface area contributed by atoms with Crippen molar-refractivity contribution in [3.63, 3.8) is 0 Å². The third-order valence-electron chi connectivity index (χ3n) is 3.31. The molecule has 0 unspecified atom stereocenters. The van der Waals surface area contributed by atoms with Crippen LogP contribution in [0.5, 0.6) is 0 Å². The summed E-state index contributed by atoms with van der Waals surface area (Å²) in [6.07, 6.45) is 1.70. The van der Waals surface area contributed by atoms with Crippen LogP contribution in [0.15, 0.2) is 22.8 Å². The van der Waals surface area contributed by atoms with Gasteiger partial charge in [-0.2, -0.15) is 10.5 Å². The number of amides is 1. The number of hydrogen-bond donors (Lipinski definition) is 0. The maximum absolute atomic E-state index is 12.2. The minimum Gasteiger partial charge on any atom is -0.464 e. The molecule has 21 heavy (non-hydrogen) atoms. The highest BCUT2D eigenvalue weighted by molar-refractivity contribution is 5.90. The maximum Gasteiger partial charge on any atom is 0.228 e. The third kappa shape index (κ3) is 3.04. The van der Waals surface area contributed by atoms with Gasteiger partial charge >= 0.3 is 0 Å². The SMILES string of the molecule is Cc1cc(C)c2c(CC(=O)N(CC#N)CC#N)coc2c1. The molecule has 1 heterocycles. The molecule has 0 radical (unpaired) electrons. The molecular formula is C16H15N3O2. The van der Waals surface area contributed by atoms with Gasteiger partial charge in [0.05, 0.1) is 24.8 Å². The van der Waals surface area contributed by atoms with E-state index in [1.54, 1.807) is 6.26 Å². The number of carbonyl (C=O) groups excluding carboxylic acids is 1. The number of rotatable bonds is 4. The Kier molecular flexibility index (Phi) is 4.25. The molecule has 106 valence electrons. The normalized spacial score (nSPS) is 10.1. The average Bonchev–Trinajstić information content (AvgIpc) is 2.81. The second-order valence-electron chi connectivity index (χ2n) is 4.96. The lowest BCUT2D eigenvalue weighted by molar-refractivity contribution is -0.129. The van der Waals surface area contributed by atoms with Crippen LogP contribution in [0.4, 0.5) is 0 Å². The molecule has 5 nitrogen and oxygen atoms in total. The largest absolute Gasteiger partial charge is 0.464 e. The fourth-order valence-corrected chi connectivity index (χ4v) is 2.43. The van der Waals surface area contributed by atoms with E-state index in [4.69, 9.17) is 14.9 Å². The number of nitriles is 2. The van der Waals surface area contributed by atoms with Gasteiger partial charge in [0.1, 0.15) is 18.7 Å². The van der Waals surface area contributed by atoms with Gasteiger partial charge < -0.3 is 9.32 Å². The fourth-order valence-electron chi connectivity index (χ4n) is 2.43. The minimum atomic E-state index is -0.249. The molecule has 0 saturated carbocycles. The molecule has 2 aromatic rings. The molecule has 5 heteroatoms. The molecule has 1 aromatic heterocycles. The molecule has 0 bridgehead atoms. The van der Waals surface area contributed by atoms with Gasteiger partial charge in [-0.15, -0.1) is 0 Å². The van der Waals surface area contributed by atoms with Crippen molar-refractivity contribution >= 4 is 16.9 Å². The van der Waals surface area contributed by atoms with Gasteiger partial charge in [0.15, 0.2) is 0 Å². The molecule has 2 rings (SSSR count). The third-order valence-corrected chi connectivity index (χ3v) is 3.31. The van der Waals surface area contributed by atoms with E-state index in [9.17, 15) is 4.79 Å². The molecule has 0 saturated heterocycles. The Morgan fingerprint density at radius 3 is 2.52 bits per heavy atom. The van der Waals surface area contributed by atoms with Gasteiger partial charge in [0.2, 0.25) is 5.91 Å². The quantitative estimate of drug-likeness (QED) is 0.806. The number of furan rings is 1. The first-order valence-electron chi connectivity index (χ1n) is 6.55. The number of hydrogen-bond acceptors (Lipinski definition) is 4. The van der Waals surface area contributed by atoms with Crippen molar-refractivity contribution in [1.29, 1.82) is 10.5 Å². The molecule has 0 aliphatic carbocycles. The summed E-state index contributed by atoms with van der Waals surface area (Å²) in [6.45, 7) is 3.79. The molecule has 1 aromatic carbocycles. The number of nitrogens with zero attached hydrogens (tertiary/aromatic N) is 3. The number of fused-ring (bicyclic) bond motifs is 1. The van der Waals surface area contributed by atoms with Crippen molar-refractivity contribution in [3.05, 3.63) is 35.1 Å². The molecule has 0 spiro atoms. The van der Waals surface area contributed by atoms with E-state index in [1.165, 1.54) is 4.90 Å². The molecular weight excluding hydrogens is 266 g/mol. The molecule has 0 aliphatic heterocycles. The summed E-state index contributed by atoms with van der Waals surface area (Å²) >= 11 is 0. The molecule has 0 fully saturated rings. The average molecular weight is 281 g/mol. The Morgan fingerprint density at radius 2 is 1.90 bits per heavy atom. The Balaban J connectivity index is 2.30. The highest BCUT2D eigenvalue weighted by Crippen LogP contribution is 2.26. The van der Waals surface area contributed by atoms with E-state index in [2.05, 4.69) is 0 Å². The first-order chi connectivity index (χ1) is 10.1. The summed E-state index contributed by atoms with van der Waals surface area (Å²) in [4.78, 5) is 13.4. The van der Waals surface area contributed by atoms with Gasteiger partial charge in [-0.3, -0.25) is 4.79 Å². The first kappa shape index (κ1) is 14.6. The topological polar surface area (TPSA) is 81.0 Å². The predicted molar refractivity (Wildman–Crippen MR) is 77.2 cm³/mol. The van der Waals surface area contributed by atoms with Crippen LogP contribution in [0.25, 0.3) is 11.0 Å². The van der Waals surface area contributed by atoms with Crippen molar-refractivity contribution < 1.29 is 9.21 Å². The van der Waals surface area contributed by atoms with Crippen LogP contribution < -0.4 is 0 Å². The van der Waals surface area contributed by atoms with Crippen LogP contribution in [0.2, 0.25) is 0 Å². The zero-order valence-electron chi connectivity index (χ0n) is 12.0. The van der Waals surface area contributed by atoms with Crippen LogP contribution in [0, 0.1) is 36.5 Å². The van der Waals surface area contributed by atoms with Crippen molar-refractivity contribution in [2.45, 2.75) is 20.3 Å². The summed E-state index contributed by atoms with van der Waals surface area (Å²) in [5.74, 6) is -0.249. The van der Waals surface area contributed by atoms with Crippen LogP contribution in [0.3, 0.4) is 0 Å². The summed E-state index contributed by atoms with van der Waals surface area (Å²) in [6, 6.07) is 7.76. The lowest BCUT2D eigenvalue weighted by Crippen LogP contribution is -2.33. The highest BCUT2D eigenvalue weighted by Gasteiger charge is 2.17. The Bertz CT molecular complexity index is 746. The van der Waals surface area contributed by atoms with E-state index in [-0.39, 0.29) is 25.4 Å². The Hall–Kier alpha value is -2.79. The van der Waals surface area contributed by atoms with Gasteiger partial charge in [0, 0.05) is 10.9 Å². The van der Waals surface area contributed by atoms with Gasteiger partial charge in [0.25, 0.3) is 0 Å². The summed E-state index contributed by atoms with van der Waals surface area (Å²) in [7, 11) is 0. The van der Waals surface area contributed by atoms with E-state index in [0.29, 0.717) is 0 Å². The van der Waals surface area contributed by atoms with Crippen molar-refractivity contribution in [1.82, 2.24) is 4.90 Å². The lowest BCUT2D eigenvalue weighted by atomic mass is 10.0. The Morgan fingerprint density at radius 1 is 1.24 bits per heavy atom. The van der Waals surface area contributed by atoms with Crippen LogP contribution >= 0.6 is 0 Å². The highest BCUT2D eigenvalue weighted by atomic mass is 16.3. The number of aryl methyl sites for hydroxylation is 2. The number of benzene rings is 1. The predicted octanol–water partition coefficient (Wildman–Crippen LogP) is 2.47. The number of carbonyl (C=O) groups is 1. The van der Waals surface area contributed by atoms with Crippen molar-refractivity contribution in [3.8, 4) is 12.1 Å². The Labute approximate surface area is 123 Å². The summed E-state index contributed by atoms with van der Waals surface area (Å²) < 4.78 is 5.51. The minimum absolute atomic E-state index is 0.0831. The van der Waals surface area contributed by atoms with Crippen LogP contribution in [-0.4, -0.2) is 23.9 Å². The summed E-state index contributed by atoms with van der Waals surface area (Å²) in [5, 5.41) is 18.4. The second kappa shape index (κ2) is 6.11. The zero-order chi connectivity index (χ0) is 15.4. The zero-order valence-corrected chi connectivity index (χ0v) is 12.0. The van der Waals surface area contributed by atoms with Gasteiger partial charge in [-0.25, -0.2) is 0 Å². The van der Waals surface area contributed by atoms with E-state index in [1.807, 2.05) is 38.1 Å². The lowest BCUT2D eigenvalue weighted by Gasteiger charge is -2.15. The van der Waals surface area contributed by atoms with Crippen molar-refractivity contribution in [2.75, 3.05) is 13.1 Å². The molecule has 0 atom stereocenters. The van der Waals surface area contributed by atoms with Crippen LogP contribution in [0.1, 0.15) is 16.7 Å². The van der Waals surface area contributed by atoms with Gasteiger partial charge in [-0.1, -0.05) is 6.07 Å². The van der Waals surface area contributed by atoms with Crippen LogP contribution in [-0.2, 0) is 11.2 Å². The van der Waals surface area contributed by atoms with E-state index >= 15 is 0 Å². The molecule has 0 aliphatic rings.